The fourth-order valence-corrected chi connectivity index (χ4v) is 2.50. The van der Waals surface area contributed by atoms with Crippen LogP contribution in [0.2, 0.25) is 0 Å². The Labute approximate surface area is 149 Å². The number of anilines is 3. The van der Waals surface area contributed by atoms with E-state index in [1.54, 1.807) is 19.4 Å². The van der Waals surface area contributed by atoms with Crippen LogP contribution in [0.5, 0.6) is 0 Å². The van der Waals surface area contributed by atoms with Crippen LogP contribution in [0.25, 0.3) is 0 Å². The van der Waals surface area contributed by atoms with E-state index in [9.17, 15) is 4.79 Å². The molecule has 0 radical (unpaired) electrons. The van der Waals surface area contributed by atoms with Gasteiger partial charge in [-0.1, -0.05) is 0 Å². The fourth-order valence-electron chi connectivity index (χ4n) is 2.50. The zero-order valence-corrected chi connectivity index (χ0v) is 15.1. The molecule has 0 bridgehead atoms. The van der Waals surface area contributed by atoms with E-state index >= 15 is 0 Å². The van der Waals surface area contributed by atoms with Crippen molar-refractivity contribution in [2.75, 3.05) is 43.6 Å². The molecule has 1 heterocycles. The molecule has 2 N–H and O–H groups in total. The third-order valence-corrected chi connectivity index (χ3v) is 3.87. The number of pyridine rings is 1. The topological polar surface area (TPSA) is 66.5 Å². The number of nitrogens with one attached hydrogen (secondary N) is 2. The Bertz CT molecular complexity index is 669. The van der Waals surface area contributed by atoms with E-state index in [2.05, 4.69) is 46.5 Å². The minimum Gasteiger partial charge on any atom is -0.383 e. The Morgan fingerprint density at radius 2 is 1.84 bits per heavy atom. The van der Waals surface area contributed by atoms with Crippen molar-refractivity contribution in [1.29, 1.82) is 0 Å². The summed E-state index contributed by atoms with van der Waals surface area (Å²) in [7, 11) is 1.60. The monoisotopic (exact) mass is 342 g/mol. The number of nitrogens with zero attached hydrogens (tertiary/aromatic N) is 2. The number of methoxy groups -OCH3 is 1. The Kier molecular flexibility index (Phi) is 7.22. The predicted octanol–water partition coefficient (Wildman–Crippen LogP) is 3.05. The van der Waals surface area contributed by atoms with Gasteiger partial charge in [0.2, 0.25) is 0 Å². The number of carbonyl (C=O) groups is 1. The molecular weight excluding hydrogens is 316 g/mol. The molecule has 25 heavy (non-hydrogen) atoms. The predicted molar refractivity (Wildman–Crippen MR) is 102 cm³/mol. The van der Waals surface area contributed by atoms with Gasteiger partial charge in [-0.3, -0.25) is 9.78 Å². The number of hydrogen-bond donors (Lipinski definition) is 2. The highest BCUT2D eigenvalue weighted by Gasteiger charge is 2.08. The van der Waals surface area contributed by atoms with E-state index in [4.69, 9.17) is 4.74 Å². The summed E-state index contributed by atoms with van der Waals surface area (Å²) in [6.45, 7) is 7.19. The maximum Gasteiger partial charge on any atom is 0.270 e. The van der Waals surface area contributed by atoms with Crippen molar-refractivity contribution in [3.8, 4) is 0 Å². The summed E-state index contributed by atoms with van der Waals surface area (Å²) in [6.07, 6.45) is 1.62. The average Bonchev–Trinajstić information content (AvgIpc) is 2.64. The van der Waals surface area contributed by atoms with Gasteiger partial charge in [0.15, 0.2) is 0 Å². The van der Waals surface area contributed by atoms with Gasteiger partial charge in [0, 0.05) is 50.0 Å². The van der Waals surface area contributed by atoms with Crippen LogP contribution < -0.4 is 15.5 Å². The molecule has 2 rings (SSSR count). The van der Waals surface area contributed by atoms with Gasteiger partial charge in [0.25, 0.3) is 5.91 Å². The first-order valence-corrected chi connectivity index (χ1v) is 8.53. The molecule has 1 aromatic heterocycles. The van der Waals surface area contributed by atoms with Crippen LogP contribution in [0.4, 0.5) is 17.1 Å². The number of aromatic nitrogens is 1. The molecule has 6 nitrogen and oxygen atoms in total. The highest BCUT2D eigenvalue weighted by molar-refractivity contribution is 5.93. The molecule has 0 atom stereocenters. The van der Waals surface area contributed by atoms with E-state index in [-0.39, 0.29) is 5.91 Å². The summed E-state index contributed by atoms with van der Waals surface area (Å²) in [5.41, 5.74) is 3.36. The molecule has 0 aliphatic heterocycles. The number of ether oxygens (including phenoxy) is 1. The second-order valence-electron chi connectivity index (χ2n) is 5.52. The zero-order valence-electron chi connectivity index (χ0n) is 15.1. The van der Waals surface area contributed by atoms with E-state index in [0.717, 1.165) is 24.5 Å². The molecule has 134 valence electrons. The Balaban J connectivity index is 2.03. The van der Waals surface area contributed by atoms with Crippen LogP contribution >= 0.6 is 0 Å². The van der Waals surface area contributed by atoms with Crippen LogP contribution in [0.3, 0.4) is 0 Å². The van der Waals surface area contributed by atoms with Crippen molar-refractivity contribution in [3.05, 3.63) is 48.3 Å². The Hall–Kier alpha value is -2.60. The van der Waals surface area contributed by atoms with Crippen LogP contribution in [-0.2, 0) is 4.74 Å². The van der Waals surface area contributed by atoms with Gasteiger partial charge in [-0.05, 0) is 50.2 Å². The van der Waals surface area contributed by atoms with Crippen LogP contribution in [0, 0.1) is 0 Å². The second kappa shape index (κ2) is 9.64. The molecule has 0 unspecified atom stereocenters. The quantitative estimate of drug-likeness (QED) is 0.686. The van der Waals surface area contributed by atoms with Gasteiger partial charge in [-0.25, -0.2) is 0 Å². The smallest absolute Gasteiger partial charge is 0.270 e. The molecule has 2 aromatic rings. The highest BCUT2D eigenvalue weighted by atomic mass is 16.5. The van der Waals surface area contributed by atoms with Crippen molar-refractivity contribution in [3.63, 3.8) is 0 Å². The summed E-state index contributed by atoms with van der Waals surface area (Å²) >= 11 is 0. The third-order valence-electron chi connectivity index (χ3n) is 3.87. The Morgan fingerprint density at radius 3 is 2.48 bits per heavy atom. The number of carbonyl (C=O) groups excluding carboxylic acids is 1. The summed E-state index contributed by atoms with van der Waals surface area (Å²) in [5.74, 6) is -0.211. The molecular formula is C19H26N4O2. The molecule has 0 spiro atoms. The van der Waals surface area contributed by atoms with E-state index in [1.165, 1.54) is 5.69 Å². The number of amides is 1. The van der Waals surface area contributed by atoms with Gasteiger partial charge in [0.05, 0.1) is 6.61 Å². The first kappa shape index (κ1) is 18.7. The lowest BCUT2D eigenvalue weighted by Gasteiger charge is -2.21. The first-order valence-electron chi connectivity index (χ1n) is 8.53. The molecule has 1 amide bonds. The number of rotatable bonds is 9. The lowest BCUT2D eigenvalue weighted by Crippen LogP contribution is -2.27. The Morgan fingerprint density at radius 1 is 1.12 bits per heavy atom. The maximum atomic E-state index is 12.0. The summed E-state index contributed by atoms with van der Waals surface area (Å²) < 4.78 is 4.92. The van der Waals surface area contributed by atoms with Gasteiger partial charge < -0.3 is 20.3 Å². The number of benzene rings is 1. The van der Waals surface area contributed by atoms with Crippen molar-refractivity contribution in [2.24, 2.45) is 0 Å². The first-order chi connectivity index (χ1) is 12.2. The van der Waals surface area contributed by atoms with Crippen LogP contribution in [0.1, 0.15) is 24.3 Å². The number of hydrogen-bond acceptors (Lipinski definition) is 5. The highest BCUT2D eigenvalue weighted by Crippen LogP contribution is 2.21. The van der Waals surface area contributed by atoms with Crippen molar-refractivity contribution < 1.29 is 9.53 Å². The molecule has 1 aromatic carbocycles. The van der Waals surface area contributed by atoms with Crippen molar-refractivity contribution >= 4 is 23.0 Å². The van der Waals surface area contributed by atoms with Crippen LogP contribution in [0.15, 0.2) is 42.6 Å². The normalized spacial score (nSPS) is 10.4. The summed E-state index contributed by atoms with van der Waals surface area (Å²) in [5, 5.41) is 6.07. The zero-order chi connectivity index (χ0) is 18.1. The molecule has 0 fully saturated rings. The largest absolute Gasteiger partial charge is 0.383 e. The van der Waals surface area contributed by atoms with E-state index in [0.29, 0.717) is 18.8 Å². The fraction of sp³-hybridized carbons (Fsp3) is 0.368. The minimum absolute atomic E-state index is 0.211. The lowest BCUT2D eigenvalue weighted by atomic mass is 10.2. The molecule has 0 aliphatic rings. The van der Waals surface area contributed by atoms with Crippen molar-refractivity contribution in [2.45, 2.75) is 13.8 Å². The SMILES string of the molecule is CCN(CC)c1ccc(Nc2ccnc(C(=O)NCCOC)c2)cc1. The van der Waals surface area contributed by atoms with Gasteiger partial charge in [-0.2, -0.15) is 0 Å². The minimum atomic E-state index is -0.211. The van der Waals surface area contributed by atoms with E-state index in [1.807, 2.05) is 18.2 Å². The van der Waals surface area contributed by atoms with Crippen LogP contribution in [-0.4, -0.2) is 44.2 Å². The molecule has 0 aliphatic carbocycles. The van der Waals surface area contributed by atoms with Gasteiger partial charge in [0.1, 0.15) is 5.69 Å². The van der Waals surface area contributed by atoms with Gasteiger partial charge in [-0.15, -0.1) is 0 Å². The molecule has 6 heteroatoms. The standard InChI is InChI=1S/C19H26N4O2/c1-4-23(5-2)17-8-6-15(7-9-17)22-16-10-11-20-18(14-16)19(24)21-12-13-25-3/h6-11,14H,4-5,12-13H2,1-3H3,(H,20,22)(H,21,24). The van der Waals surface area contributed by atoms with Crippen molar-refractivity contribution in [1.82, 2.24) is 10.3 Å². The lowest BCUT2D eigenvalue weighted by molar-refractivity contribution is 0.0932. The summed E-state index contributed by atoms with van der Waals surface area (Å²) in [4.78, 5) is 18.5. The van der Waals surface area contributed by atoms with E-state index < -0.39 is 0 Å². The second-order valence-corrected chi connectivity index (χ2v) is 5.52. The van der Waals surface area contributed by atoms with Gasteiger partial charge >= 0.3 is 0 Å². The molecule has 0 saturated heterocycles. The molecule has 0 saturated carbocycles. The summed E-state index contributed by atoms with van der Waals surface area (Å²) in [6, 6.07) is 11.8. The third kappa shape index (κ3) is 5.46. The average molecular weight is 342 g/mol. The maximum absolute atomic E-state index is 12.0.